The van der Waals surface area contributed by atoms with Crippen LogP contribution in [0.4, 0.5) is 13.2 Å². The molecule has 5 nitrogen and oxygen atoms in total. The van der Waals surface area contributed by atoms with Crippen molar-refractivity contribution < 1.29 is 31.5 Å². The van der Waals surface area contributed by atoms with Gasteiger partial charge < -0.3 is 5.11 Å². The Kier molecular flexibility index (Phi) is 3.59. The quantitative estimate of drug-likeness (QED) is 0.798. The average molecular weight is 285 g/mol. The Morgan fingerprint density at radius 1 is 1.39 bits per heavy atom. The summed E-state index contributed by atoms with van der Waals surface area (Å²) in [6.45, 7) is 0. The number of aliphatic carboxylic acids is 1. The highest BCUT2D eigenvalue weighted by Gasteiger charge is 2.61. The maximum Gasteiger partial charge on any atom is 0.412 e. The van der Waals surface area contributed by atoms with E-state index in [1.807, 2.05) is 0 Å². The minimum Gasteiger partial charge on any atom is -0.481 e. The smallest absolute Gasteiger partial charge is 0.412 e. The number of hydrogen-bond donors (Lipinski definition) is 2. The molecular weight excluding hydrogens is 275 g/mol. The van der Waals surface area contributed by atoms with Crippen molar-refractivity contribution >= 4 is 16.0 Å². The van der Waals surface area contributed by atoms with Gasteiger partial charge in [0.05, 0.1) is 6.26 Å². The second-order valence-corrected chi connectivity index (χ2v) is 5.55. The molecule has 1 aliphatic rings. The van der Waals surface area contributed by atoms with Gasteiger partial charge in [-0.05, 0) is 0 Å². The summed E-state index contributed by atoms with van der Waals surface area (Å²) in [7, 11) is -4.25. The Balaban J connectivity index is 3.40. The minimum atomic E-state index is -5.08. The van der Waals surface area contributed by atoms with Gasteiger partial charge >= 0.3 is 12.1 Å². The molecule has 2 atom stereocenters. The molecule has 9 heteroatoms. The number of carbonyl (C=O) groups is 1. The minimum absolute atomic E-state index is 0.493. The van der Waals surface area contributed by atoms with Crippen molar-refractivity contribution in [2.24, 2.45) is 5.92 Å². The van der Waals surface area contributed by atoms with E-state index in [2.05, 4.69) is 0 Å². The summed E-state index contributed by atoms with van der Waals surface area (Å²) in [4.78, 5) is 10.9. The Bertz CT molecular complexity index is 508. The number of sulfonamides is 1. The first-order valence-electron chi connectivity index (χ1n) is 4.64. The molecule has 0 fully saturated rings. The van der Waals surface area contributed by atoms with Gasteiger partial charge in [0.1, 0.15) is 5.92 Å². The van der Waals surface area contributed by atoms with Crippen molar-refractivity contribution in [3.63, 3.8) is 0 Å². The molecule has 102 valence electrons. The number of alkyl halides is 3. The third-order valence-electron chi connectivity index (χ3n) is 2.35. The molecule has 0 amide bonds. The van der Waals surface area contributed by atoms with E-state index < -0.39 is 33.6 Å². The van der Waals surface area contributed by atoms with E-state index >= 15 is 0 Å². The van der Waals surface area contributed by atoms with Gasteiger partial charge in [0.15, 0.2) is 5.54 Å². The first-order valence-corrected chi connectivity index (χ1v) is 6.53. The molecule has 1 rings (SSSR count). The number of allylic oxidation sites excluding steroid dienone is 2. The average Bonchev–Trinajstić information content (AvgIpc) is 2.13. The van der Waals surface area contributed by atoms with E-state index in [9.17, 15) is 26.4 Å². The predicted octanol–water partition coefficient (Wildman–Crippen LogP) is 0.663. The summed E-state index contributed by atoms with van der Waals surface area (Å²) in [5.74, 6) is -3.83. The van der Waals surface area contributed by atoms with E-state index in [4.69, 9.17) is 5.11 Å². The summed E-state index contributed by atoms with van der Waals surface area (Å²) in [6, 6.07) is 0. The van der Waals surface area contributed by atoms with Crippen molar-refractivity contribution in [1.82, 2.24) is 4.72 Å². The third kappa shape index (κ3) is 2.72. The Morgan fingerprint density at radius 3 is 2.33 bits per heavy atom. The molecule has 0 aromatic heterocycles. The fourth-order valence-corrected chi connectivity index (χ4v) is 2.57. The van der Waals surface area contributed by atoms with Gasteiger partial charge in [-0.25, -0.2) is 8.42 Å². The fourth-order valence-electron chi connectivity index (χ4n) is 1.65. The molecule has 0 aliphatic heterocycles. The molecule has 0 bridgehead atoms. The lowest BCUT2D eigenvalue weighted by atomic mass is 9.81. The maximum absolute atomic E-state index is 13.1. The first kappa shape index (κ1) is 14.7. The molecular formula is C9H10F3NO4S. The molecule has 0 aromatic rings. The number of carboxylic acids is 1. The molecule has 0 spiro atoms. The zero-order valence-electron chi connectivity index (χ0n) is 9.10. The van der Waals surface area contributed by atoms with Crippen LogP contribution in [0.1, 0.15) is 0 Å². The van der Waals surface area contributed by atoms with E-state index in [0.717, 1.165) is 18.2 Å². The van der Waals surface area contributed by atoms with Crippen LogP contribution in [-0.2, 0) is 14.8 Å². The van der Waals surface area contributed by atoms with Crippen LogP contribution in [0.25, 0.3) is 0 Å². The molecule has 0 aromatic carbocycles. The molecule has 2 N–H and O–H groups in total. The standard InChI is InChI=1S/C9H10F3NO4S/c1-18(16,17)13-8(9(10,11)12)5-3-2-4-6(8)7(14)15/h2-6,13H,1H3,(H,14,15). The van der Waals surface area contributed by atoms with Crippen LogP contribution in [0.15, 0.2) is 24.3 Å². The van der Waals surface area contributed by atoms with Gasteiger partial charge in [0, 0.05) is 0 Å². The lowest BCUT2D eigenvalue weighted by Gasteiger charge is -2.37. The Labute approximate surface area is 101 Å². The summed E-state index contributed by atoms with van der Waals surface area (Å²) < 4.78 is 62.7. The second kappa shape index (κ2) is 4.39. The topological polar surface area (TPSA) is 83.5 Å². The lowest BCUT2D eigenvalue weighted by Crippen LogP contribution is -2.63. The van der Waals surface area contributed by atoms with Crippen LogP contribution in [0.3, 0.4) is 0 Å². The first-order chi connectivity index (χ1) is 8.00. The number of rotatable bonds is 3. The highest BCUT2D eigenvalue weighted by atomic mass is 32.2. The zero-order valence-corrected chi connectivity index (χ0v) is 9.92. The molecule has 18 heavy (non-hydrogen) atoms. The Hall–Kier alpha value is -1.35. The number of halogens is 3. The van der Waals surface area contributed by atoms with E-state index in [0.29, 0.717) is 12.3 Å². The molecule has 2 unspecified atom stereocenters. The monoisotopic (exact) mass is 285 g/mol. The number of nitrogens with one attached hydrogen (secondary N) is 1. The van der Waals surface area contributed by atoms with Gasteiger partial charge in [0.2, 0.25) is 10.0 Å². The molecule has 1 aliphatic carbocycles. The zero-order chi connectivity index (χ0) is 14.2. The summed E-state index contributed by atoms with van der Waals surface area (Å²) in [6.07, 6.45) is -1.20. The highest BCUT2D eigenvalue weighted by Crippen LogP contribution is 2.40. The van der Waals surface area contributed by atoms with Crippen molar-refractivity contribution in [3.8, 4) is 0 Å². The molecule has 0 saturated heterocycles. The highest BCUT2D eigenvalue weighted by molar-refractivity contribution is 7.88. The summed E-state index contributed by atoms with van der Waals surface area (Å²) in [5, 5.41) is 8.81. The summed E-state index contributed by atoms with van der Waals surface area (Å²) in [5.41, 5.74) is -3.17. The second-order valence-electron chi connectivity index (χ2n) is 3.80. The van der Waals surface area contributed by atoms with Gasteiger partial charge in [-0.1, -0.05) is 24.3 Å². The van der Waals surface area contributed by atoms with Crippen LogP contribution in [0.2, 0.25) is 0 Å². The van der Waals surface area contributed by atoms with Crippen LogP contribution in [-0.4, -0.2) is 37.5 Å². The summed E-state index contributed by atoms with van der Waals surface area (Å²) >= 11 is 0. The van der Waals surface area contributed by atoms with Gasteiger partial charge in [-0.2, -0.15) is 17.9 Å². The van der Waals surface area contributed by atoms with Crippen molar-refractivity contribution in [3.05, 3.63) is 24.3 Å². The molecule has 0 radical (unpaired) electrons. The van der Waals surface area contributed by atoms with Gasteiger partial charge in [-0.3, -0.25) is 4.79 Å². The molecule has 0 saturated carbocycles. The third-order valence-corrected chi connectivity index (χ3v) is 3.06. The van der Waals surface area contributed by atoms with Crippen LogP contribution in [0.5, 0.6) is 0 Å². The number of carboxylic acid groups (broad SMARTS) is 1. The van der Waals surface area contributed by atoms with Gasteiger partial charge in [0.25, 0.3) is 0 Å². The lowest BCUT2D eigenvalue weighted by molar-refractivity contribution is -0.193. The fraction of sp³-hybridized carbons (Fsp3) is 0.444. The van der Waals surface area contributed by atoms with E-state index in [-0.39, 0.29) is 0 Å². The van der Waals surface area contributed by atoms with Crippen molar-refractivity contribution in [1.29, 1.82) is 0 Å². The van der Waals surface area contributed by atoms with Crippen molar-refractivity contribution in [2.45, 2.75) is 11.7 Å². The predicted molar refractivity (Wildman–Crippen MR) is 56.2 cm³/mol. The van der Waals surface area contributed by atoms with E-state index in [1.54, 1.807) is 0 Å². The SMILES string of the molecule is CS(=O)(=O)NC1(C(F)(F)F)C=CC=CC1C(=O)O. The normalized spacial score (nSPS) is 28.3. The van der Waals surface area contributed by atoms with Crippen LogP contribution < -0.4 is 4.72 Å². The molecule has 0 heterocycles. The maximum atomic E-state index is 13.1. The Morgan fingerprint density at radius 2 is 1.94 bits per heavy atom. The van der Waals surface area contributed by atoms with Crippen LogP contribution in [0, 0.1) is 5.92 Å². The number of hydrogen-bond acceptors (Lipinski definition) is 3. The van der Waals surface area contributed by atoms with Crippen molar-refractivity contribution in [2.75, 3.05) is 6.26 Å². The largest absolute Gasteiger partial charge is 0.481 e. The van der Waals surface area contributed by atoms with Gasteiger partial charge in [-0.15, -0.1) is 0 Å². The van der Waals surface area contributed by atoms with Crippen LogP contribution >= 0.6 is 0 Å². The van der Waals surface area contributed by atoms with E-state index in [1.165, 1.54) is 4.72 Å².